The van der Waals surface area contributed by atoms with Crippen LogP contribution < -0.4 is 10.1 Å². The fraction of sp³-hybridized carbons (Fsp3) is 0.571. The van der Waals surface area contributed by atoms with E-state index in [0.29, 0.717) is 11.6 Å². The molecule has 0 aromatic heterocycles. The van der Waals surface area contributed by atoms with Gasteiger partial charge in [0, 0.05) is 36.2 Å². The minimum Gasteiger partial charge on any atom is -0.481 e. The van der Waals surface area contributed by atoms with E-state index in [2.05, 4.69) is 5.32 Å². The van der Waals surface area contributed by atoms with Gasteiger partial charge in [0.25, 0.3) is 0 Å². The van der Waals surface area contributed by atoms with Crippen LogP contribution in [0.1, 0.15) is 19.8 Å². The molecule has 1 fully saturated rings. The van der Waals surface area contributed by atoms with Crippen molar-refractivity contribution in [3.63, 3.8) is 0 Å². The first-order valence-electron chi connectivity index (χ1n) is 6.96. The van der Waals surface area contributed by atoms with Gasteiger partial charge in [0.2, 0.25) is 0 Å². The zero-order valence-corrected chi connectivity index (χ0v) is 12.8. The molecule has 21 heavy (non-hydrogen) atoms. The summed E-state index contributed by atoms with van der Waals surface area (Å²) in [6, 6.07) is 4.52. The first-order valence-corrected chi connectivity index (χ1v) is 7.34. The molecular weight excluding hydrogens is 296 g/mol. The van der Waals surface area contributed by atoms with Crippen LogP contribution in [0.3, 0.4) is 0 Å². The topological polar surface area (TPSA) is 73.6 Å². The Morgan fingerprint density at radius 2 is 2.29 bits per heavy atom. The second-order valence-electron chi connectivity index (χ2n) is 4.99. The van der Waals surface area contributed by atoms with Gasteiger partial charge in [0.15, 0.2) is 5.75 Å². The van der Waals surface area contributed by atoms with E-state index in [-0.39, 0.29) is 29.7 Å². The van der Waals surface area contributed by atoms with Crippen molar-refractivity contribution in [2.24, 2.45) is 0 Å². The van der Waals surface area contributed by atoms with E-state index in [1.54, 1.807) is 0 Å². The molecule has 1 aromatic carbocycles. The molecule has 7 heteroatoms. The second kappa shape index (κ2) is 7.06. The molecule has 0 saturated heterocycles. The van der Waals surface area contributed by atoms with Crippen LogP contribution in [0.5, 0.6) is 5.75 Å². The largest absolute Gasteiger partial charge is 0.481 e. The van der Waals surface area contributed by atoms with Crippen molar-refractivity contribution in [2.45, 2.75) is 38.0 Å². The molecule has 1 aliphatic carbocycles. The van der Waals surface area contributed by atoms with Gasteiger partial charge in [0.1, 0.15) is 12.2 Å². The van der Waals surface area contributed by atoms with Gasteiger partial charge in [-0.15, -0.1) is 0 Å². The highest BCUT2D eigenvalue weighted by atomic mass is 35.5. The van der Waals surface area contributed by atoms with Crippen molar-refractivity contribution in [1.82, 2.24) is 5.32 Å². The molecule has 0 bridgehead atoms. The number of halogens is 1. The number of hydrogen-bond donors (Lipinski definition) is 1. The minimum atomic E-state index is -0.470. The predicted molar refractivity (Wildman–Crippen MR) is 80.0 cm³/mol. The molecule has 1 N–H and O–H groups in total. The first kappa shape index (κ1) is 16.0. The Morgan fingerprint density at radius 1 is 1.52 bits per heavy atom. The van der Waals surface area contributed by atoms with Crippen LogP contribution in [0, 0.1) is 10.1 Å². The van der Waals surface area contributed by atoms with Crippen molar-refractivity contribution in [3.8, 4) is 5.75 Å². The van der Waals surface area contributed by atoms with Gasteiger partial charge in [-0.2, -0.15) is 0 Å². The summed E-state index contributed by atoms with van der Waals surface area (Å²) < 4.78 is 11.5. The average Bonchev–Trinajstić information content (AvgIpc) is 2.43. The number of ether oxygens (including phenoxy) is 2. The molecule has 0 spiro atoms. The summed E-state index contributed by atoms with van der Waals surface area (Å²) in [5.74, 6) is 0.192. The van der Waals surface area contributed by atoms with E-state index < -0.39 is 4.92 Å². The smallest absolute Gasteiger partial charge is 0.311 e. The van der Waals surface area contributed by atoms with Gasteiger partial charge in [0.05, 0.1) is 4.92 Å². The number of nitrogens with zero attached hydrogens (tertiary/aromatic N) is 1. The fourth-order valence-corrected chi connectivity index (χ4v) is 2.51. The predicted octanol–water partition coefficient (Wildman–Crippen LogP) is 2.78. The maximum absolute atomic E-state index is 11.0. The number of benzene rings is 1. The molecule has 1 aliphatic rings. The van der Waals surface area contributed by atoms with Crippen LogP contribution in [-0.4, -0.2) is 36.8 Å². The van der Waals surface area contributed by atoms with E-state index in [1.165, 1.54) is 18.2 Å². The Hall–Kier alpha value is -1.37. The fourth-order valence-electron chi connectivity index (χ4n) is 2.35. The van der Waals surface area contributed by atoms with Crippen molar-refractivity contribution in [3.05, 3.63) is 33.3 Å². The number of rotatable bonds is 7. The third kappa shape index (κ3) is 3.64. The highest BCUT2D eigenvalue weighted by molar-refractivity contribution is 6.30. The molecule has 0 aliphatic heterocycles. The molecule has 2 rings (SSSR count). The minimum absolute atomic E-state index is 0.0819. The van der Waals surface area contributed by atoms with Crippen molar-refractivity contribution in [2.75, 3.05) is 13.7 Å². The standard InChI is InChI=1S/C14H19ClN2O4/c1-3-6-20-14-10(16-2)8-13(14)21-12-7-9(15)4-5-11(12)17(18)19/h4-5,7,10,13-14,16H,3,6,8H2,1-2H3. The normalized spacial score (nSPS) is 24.4. The molecule has 3 unspecified atom stereocenters. The second-order valence-corrected chi connectivity index (χ2v) is 5.43. The summed E-state index contributed by atoms with van der Waals surface area (Å²) in [4.78, 5) is 10.6. The van der Waals surface area contributed by atoms with Crippen LogP contribution in [0.4, 0.5) is 5.69 Å². The molecular formula is C14H19ClN2O4. The summed E-state index contributed by atoms with van der Waals surface area (Å²) in [5.41, 5.74) is -0.0819. The van der Waals surface area contributed by atoms with E-state index in [0.717, 1.165) is 12.8 Å². The van der Waals surface area contributed by atoms with Crippen molar-refractivity contribution >= 4 is 17.3 Å². The van der Waals surface area contributed by atoms with Gasteiger partial charge in [-0.1, -0.05) is 18.5 Å². The highest BCUT2D eigenvalue weighted by Gasteiger charge is 2.43. The van der Waals surface area contributed by atoms with Crippen LogP contribution in [-0.2, 0) is 4.74 Å². The Labute approximate surface area is 128 Å². The van der Waals surface area contributed by atoms with E-state index in [9.17, 15) is 10.1 Å². The lowest BCUT2D eigenvalue weighted by Crippen LogP contribution is -2.60. The number of nitro benzene ring substituents is 1. The summed E-state index contributed by atoms with van der Waals surface area (Å²) in [5, 5.41) is 14.6. The SMILES string of the molecule is CCCOC1C(NC)CC1Oc1cc(Cl)ccc1[N+](=O)[O-]. The molecule has 0 heterocycles. The highest BCUT2D eigenvalue weighted by Crippen LogP contribution is 2.35. The van der Waals surface area contributed by atoms with Crippen LogP contribution >= 0.6 is 11.6 Å². The Morgan fingerprint density at radius 3 is 2.90 bits per heavy atom. The third-order valence-corrected chi connectivity index (χ3v) is 3.77. The Bertz CT molecular complexity index is 512. The number of hydrogen-bond acceptors (Lipinski definition) is 5. The van der Waals surface area contributed by atoms with Gasteiger partial charge < -0.3 is 14.8 Å². The summed E-state index contributed by atoms with van der Waals surface area (Å²) in [7, 11) is 1.87. The molecule has 0 amide bonds. The zero-order chi connectivity index (χ0) is 15.4. The molecule has 3 atom stereocenters. The van der Waals surface area contributed by atoms with Crippen molar-refractivity contribution in [1.29, 1.82) is 0 Å². The lowest BCUT2D eigenvalue weighted by Gasteiger charge is -2.43. The first-order chi connectivity index (χ1) is 10.1. The van der Waals surface area contributed by atoms with E-state index in [1.807, 2.05) is 14.0 Å². The number of nitro groups is 1. The van der Waals surface area contributed by atoms with Gasteiger partial charge >= 0.3 is 5.69 Å². The number of nitrogens with one attached hydrogen (secondary N) is 1. The molecule has 0 radical (unpaired) electrons. The molecule has 1 aromatic rings. The van der Waals surface area contributed by atoms with Gasteiger partial charge in [-0.05, 0) is 19.5 Å². The van der Waals surface area contributed by atoms with Gasteiger partial charge in [-0.25, -0.2) is 0 Å². The van der Waals surface area contributed by atoms with E-state index in [4.69, 9.17) is 21.1 Å². The summed E-state index contributed by atoms with van der Waals surface area (Å²) >= 11 is 5.90. The van der Waals surface area contributed by atoms with Crippen LogP contribution in [0.25, 0.3) is 0 Å². The Balaban J connectivity index is 2.10. The maximum atomic E-state index is 11.0. The van der Waals surface area contributed by atoms with Gasteiger partial charge in [-0.3, -0.25) is 10.1 Å². The van der Waals surface area contributed by atoms with Crippen LogP contribution in [0.15, 0.2) is 18.2 Å². The lowest BCUT2D eigenvalue weighted by molar-refractivity contribution is -0.386. The molecule has 116 valence electrons. The molecule has 6 nitrogen and oxygen atoms in total. The monoisotopic (exact) mass is 314 g/mol. The lowest BCUT2D eigenvalue weighted by atomic mass is 9.85. The van der Waals surface area contributed by atoms with Crippen LogP contribution in [0.2, 0.25) is 5.02 Å². The number of likely N-dealkylation sites (N-methyl/N-ethyl adjacent to an activating group) is 1. The average molecular weight is 315 g/mol. The zero-order valence-electron chi connectivity index (χ0n) is 12.0. The quantitative estimate of drug-likeness (QED) is 0.619. The molecule has 1 saturated carbocycles. The summed E-state index contributed by atoms with van der Waals surface area (Å²) in [6.07, 6.45) is 1.35. The Kier molecular flexibility index (Phi) is 5.39. The van der Waals surface area contributed by atoms with Crippen molar-refractivity contribution < 1.29 is 14.4 Å². The van der Waals surface area contributed by atoms with E-state index >= 15 is 0 Å². The summed E-state index contributed by atoms with van der Waals surface area (Å²) in [6.45, 7) is 2.67. The maximum Gasteiger partial charge on any atom is 0.311 e. The third-order valence-electron chi connectivity index (χ3n) is 3.53.